The van der Waals surface area contributed by atoms with E-state index < -0.39 is 0 Å². The number of hydrogen-bond acceptors (Lipinski definition) is 3. The first-order chi connectivity index (χ1) is 9.06. The molecular formula is C15H23N3O. The molecule has 4 heteroatoms. The summed E-state index contributed by atoms with van der Waals surface area (Å²) < 4.78 is 1.77. The largest absolute Gasteiger partial charge is 0.296 e. The first kappa shape index (κ1) is 14.0. The Morgan fingerprint density at radius 2 is 2.26 bits per heavy atom. The fourth-order valence-corrected chi connectivity index (χ4v) is 2.77. The van der Waals surface area contributed by atoms with Crippen molar-refractivity contribution < 1.29 is 4.79 Å². The molecule has 4 nitrogen and oxygen atoms in total. The van der Waals surface area contributed by atoms with Gasteiger partial charge >= 0.3 is 0 Å². The van der Waals surface area contributed by atoms with Gasteiger partial charge in [-0.2, -0.15) is 5.10 Å². The number of rotatable bonds is 5. The molecule has 0 unspecified atom stereocenters. The van der Waals surface area contributed by atoms with E-state index in [2.05, 4.69) is 37.3 Å². The molecule has 0 bridgehead atoms. The van der Waals surface area contributed by atoms with E-state index >= 15 is 0 Å². The Kier molecular flexibility index (Phi) is 4.20. The summed E-state index contributed by atoms with van der Waals surface area (Å²) in [4.78, 5) is 13.8. The summed E-state index contributed by atoms with van der Waals surface area (Å²) in [6.45, 7) is 12.9. The van der Waals surface area contributed by atoms with Crippen molar-refractivity contribution >= 4 is 6.29 Å². The Morgan fingerprint density at radius 1 is 1.53 bits per heavy atom. The summed E-state index contributed by atoms with van der Waals surface area (Å²) in [5, 5.41) is 4.56. The third-order valence-corrected chi connectivity index (χ3v) is 3.66. The molecule has 0 fully saturated rings. The highest BCUT2D eigenvalue weighted by Crippen LogP contribution is 2.25. The van der Waals surface area contributed by atoms with E-state index in [1.165, 1.54) is 0 Å². The first-order valence-electron chi connectivity index (χ1n) is 6.95. The average molecular weight is 261 g/mol. The molecule has 2 heterocycles. The van der Waals surface area contributed by atoms with Crippen molar-refractivity contribution in [2.24, 2.45) is 5.92 Å². The van der Waals surface area contributed by atoms with Crippen molar-refractivity contribution in [3.63, 3.8) is 0 Å². The van der Waals surface area contributed by atoms with Gasteiger partial charge in [0.2, 0.25) is 0 Å². The fraction of sp³-hybridized carbons (Fsp3) is 0.600. The number of fused-ring (bicyclic) bond motifs is 1. The van der Waals surface area contributed by atoms with Crippen LogP contribution in [0.3, 0.4) is 0 Å². The lowest BCUT2D eigenvalue weighted by Crippen LogP contribution is -2.40. The van der Waals surface area contributed by atoms with Crippen LogP contribution in [0.5, 0.6) is 0 Å². The van der Waals surface area contributed by atoms with E-state index in [-0.39, 0.29) is 0 Å². The van der Waals surface area contributed by atoms with Gasteiger partial charge in [0.1, 0.15) is 5.69 Å². The van der Waals surface area contributed by atoms with Crippen molar-refractivity contribution in [3.05, 3.63) is 29.6 Å². The highest BCUT2D eigenvalue weighted by molar-refractivity contribution is 5.75. The molecule has 1 aliphatic heterocycles. The molecule has 1 aromatic heterocycles. The van der Waals surface area contributed by atoms with Gasteiger partial charge in [0.25, 0.3) is 0 Å². The second kappa shape index (κ2) is 5.70. The van der Waals surface area contributed by atoms with Crippen LogP contribution in [0.25, 0.3) is 0 Å². The lowest BCUT2D eigenvalue weighted by atomic mass is 9.98. The summed E-state index contributed by atoms with van der Waals surface area (Å²) in [6, 6.07) is 0.487. The van der Waals surface area contributed by atoms with Crippen molar-refractivity contribution in [1.29, 1.82) is 0 Å². The zero-order valence-electron chi connectivity index (χ0n) is 12.1. The molecule has 0 aliphatic carbocycles. The van der Waals surface area contributed by atoms with E-state index in [9.17, 15) is 4.79 Å². The van der Waals surface area contributed by atoms with Gasteiger partial charge in [0.05, 0.1) is 12.2 Å². The second-order valence-corrected chi connectivity index (χ2v) is 5.78. The van der Waals surface area contributed by atoms with Crippen LogP contribution in [0.1, 0.15) is 42.5 Å². The lowest BCUT2D eigenvalue weighted by Gasteiger charge is -2.34. The average Bonchev–Trinajstić information content (AvgIpc) is 2.66. The third-order valence-electron chi connectivity index (χ3n) is 3.66. The minimum Gasteiger partial charge on any atom is -0.296 e. The molecule has 104 valence electrons. The van der Waals surface area contributed by atoms with Crippen LogP contribution in [0.15, 0.2) is 12.7 Å². The van der Waals surface area contributed by atoms with Crippen molar-refractivity contribution in [1.82, 2.24) is 14.7 Å². The highest BCUT2D eigenvalue weighted by atomic mass is 16.1. The molecule has 0 saturated carbocycles. The number of aldehydes is 1. The number of carbonyl (C=O) groups is 1. The maximum atomic E-state index is 11.3. The lowest BCUT2D eigenvalue weighted by molar-refractivity contribution is 0.111. The third kappa shape index (κ3) is 2.78. The van der Waals surface area contributed by atoms with Gasteiger partial charge in [-0.15, -0.1) is 6.58 Å². The minimum atomic E-state index is 0.487. The number of nitrogens with zero attached hydrogens (tertiary/aromatic N) is 3. The number of allylic oxidation sites excluding steroid dienone is 1. The summed E-state index contributed by atoms with van der Waals surface area (Å²) in [6.07, 6.45) is 3.63. The summed E-state index contributed by atoms with van der Waals surface area (Å²) in [5.74, 6) is 0.631. The van der Waals surface area contributed by atoms with Crippen LogP contribution in [-0.2, 0) is 19.5 Å². The van der Waals surface area contributed by atoms with Gasteiger partial charge in [-0.1, -0.05) is 19.9 Å². The van der Waals surface area contributed by atoms with Gasteiger partial charge in [0, 0.05) is 31.1 Å². The van der Waals surface area contributed by atoms with Gasteiger partial charge in [-0.05, 0) is 12.8 Å². The number of carbonyl (C=O) groups excluding carboxylic acids is 1. The summed E-state index contributed by atoms with van der Waals surface area (Å²) >= 11 is 0. The molecule has 2 rings (SSSR count). The van der Waals surface area contributed by atoms with E-state index in [4.69, 9.17) is 0 Å². The van der Waals surface area contributed by atoms with Crippen molar-refractivity contribution in [3.8, 4) is 0 Å². The Morgan fingerprint density at radius 3 is 2.84 bits per heavy atom. The van der Waals surface area contributed by atoms with Crippen molar-refractivity contribution in [2.45, 2.75) is 46.3 Å². The molecule has 1 atom stereocenters. The van der Waals surface area contributed by atoms with Crippen LogP contribution >= 0.6 is 0 Å². The molecule has 19 heavy (non-hydrogen) atoms. The van der Waals surface area contributed by atoms with E-state index in [0.29, 0.717) is 18.5 Å². The predicted octanol–water partition coefficient (Wildman–Crippen LogP) is 2.28. The Bertz CT molecular complexity index is 476. The highest BCUT2D eigenvalue weighted by Gasteiger charge is 2.28. The maximum Gasteiger partial charge on any atom is 0.168 e. The van der Waals surface area contributed by atoms with E-state index in [0.717, 1.165) is 42.7 Å². The molecule has 1 aromatic rings. The van der Waals surface area contributed by atoms with Crippen LogP contribution in [0.2, 0.25) is 0 Å². The van der Waals surface area contributed by atoms with Crippen LogP contribution in [-0.4, -0.2) is 33.6 Å². The molecule has 0 spiro atoms. The molecule has 0 saturated heterocycles. The Labute approximate surface area is 115 Å². The van der Waals surface area contributed by atoms with Crippen molar-refractivity contribution in [2.75, 3.05) is 6.54 Å². The fourth-order valence-electron chi connectivity index (χ4n) is 2.77. The van der Waals surface area contributed by atoms with Crippen LogP contribution in [0.4, 0.5) is 0 Å². The zero-order valence-corrected chi connectivity index (χ0v) is 12.1. The Balaban J connectivity index is 2.31. The molecule has 0 amide bonds. The standard InChI is InChI=1S/C15H23N3O/c1-5-6-18-15(10-19)13-9-17(8-11(2)3)12(4)7-14(13)16-18/h5,10-12H,1,6-9H2,2-4H3/t12-/m1/s1. The topological polar surface area (TPSA) is 38.1 Å². The molecule has 0 radical (unpaired) electrons. The molecule has 0 aromatic carbocycles. The minimum absolute atomic E-state index is 0.487. The monoisotopic (exact) mass is 261 g/mol. The normalized spacial score (nSPS) is 19.5. The van der Waals surface area contributed by atoms with Crippen LogP contribution < -0.4 is 0 Å². The van der Waals surface area contributed by atoms with Gasteiger partial charge in [-0.25, -0.2) is 0 Å². The number of hydrogen-bond donors (Lipinski definition) is 0. The Hall–Kier alpha value is -1.42. The quantitative estimate of drug-likeness (QED) is 0.603. The summed E-state index contributed by atoms with van der Waals surface area (Å²) in [5.41, 5.74) is 2.91. The van der Waals surface area contributed by atoms with Crippen LogP contribution in [0, 0.1) is 5.92 Å². The number of aromatic nitrogens is 2. The van der Waals surface area contributed by atoms with Gasteiger partial charge in [-0.3, -0.25) is 14.4 Å². The first-order valence-corrected chi connectivity index (χ1v) is 6.95. The molecule has 0 N–H and O–H groups in total. The molecule has 1 aliphatic rings. The van der Waals surface area contributed by atoms with Gasteiger partial charge in [0.15, 0.2) is 6.29 Å². The zero-order chi connectivity index (χ0) is 14.0. The predicted molar refractivity (Wildman–Crippen MR) is 76.2 cm³/mol. The second-order valence-electron chi connectivity index (χ2n) is 5.78. The van der Waals surface area contributed by atoms with E-state index in [1.807, 2.05) is 0 Å². The smallest absolute Gasteiger partial charge is 0.168 e. The maximum absolute atomic E-state index is 11.3. The summed E-state index contributed by atoms with van der Waals surface area (Å²) in [7, 11) is 0. The van der Waals surface area contributed by atoms with Gasteiger partial charge < -0.3 is 0 Å². The SMILES string of the molecule is C=CCn1nc2c(c1C=O)CN(CC(C)C)[C@H](C)C2. The molecular weight excluding hydrogens is 238 g/mol. The van der Waals surface area contributed by atoms with E-state index in [1.54, 1.807) is 10.8 Å².